The first-order valence-electron chi connectivity index (χ1n) is 9.43. The first-order valence-corrected chi connectivity index (χ1v) is 11.0. The number of benzene rings is 1. The van der Waals surface area contributed by atoms with E-state index in [0.29, 0.717) is 28.0 Å². The van der Waals surface area contributed by atoms with E-state index in [0.717, 1.165) is 25.0 Å². The number of nitrogens with zero attached hydrogens (tertiary/aromatic N) is 4. The summed E-state index contributed by atoms with van der Waals surface area (Å²) in [4.78, 5) is 16.8. The number of halogens is 1. The number of nitrogens with two attached hydrogens (primary N) is 1. The van der Waals surface area contributed by atoms with Gasteiger partial charge in [0.05, 0.1) is 6.10 Å². The van der Waals surface area contributed by atoms with E-state index in [4.69, 9.17) is 26.6 Å². The Morgan fingerprint density at radius 3 is 2.90 bits per heavy atom. The highest BCUT2D eigenvalue weighted by Crippen LogP contribution is 2.34. The number of nitrogens with one attached hydrogen (secondary N) is 1. The lowest BCUT2D eigenvalue weighted by Crippen LogP contribution is -2.34. The molecule has 1 aliphatic rings. The van der Waals surface area contributed by atoms with E-state index in [1.807, 2.05) is 6.26 Å². The quantitative estimate of drug-likeness (QED) is 0.529. The summed E-state index contributed by atoms with van der Waals surface area (Å²) in [6.07, 6.45) is 3.92. The molecule has 1 atom stereocenters. The Morgan fingerprint density at radius 1 is 1.40 bits per heavy atom. The van der Waals surface area contributed by atoms with Crippen LogP contribution in [0.4, 0.5) is 5.82 Å². The molecule has 0 spiro atoms. The molecule has 1 aromatic carbocycles. The molecule has 3 heterocycles. The van der Waals surface area contributed by atoms with E-state index in [9.17, 15) is 4.79 Å². The first-order chi connectivity index (χ1) is 14.5. The van der Waals surface area contributed by atoms with Crippen molar-refractivity contribution in [2.24, 2.45) is 0 Å². The molecule has 4 rings (SSSR count). The van der Waals surface area contributed by atoms with Gasteiger partial charge >= 0.3 is 0 Å². The Hall–Kier alpha value is -2.56. The Morgan fingerprint density at radius 2 is 2.20 bits per heavy atom. The third kappa shape index (κ3) is 4.45. The van der Waals surface area contributed by atoms with Crippen molar-refractivity contribution in [3.05, 3.63) is 29.3 Å². The van der Waals surface area contributed by atoms with Crippen LogP contribution in [-0.2, 0) is 16.1 Å². The van der Waals surface area contributed by atoms with Gasteiger partial charge in [0, 0.05) is 23.7 Å². The lowest BCUT2D eigenvalue weighted by atomic mass is 10.2. The van der Waals surface area contributed by atoms with E-state index in [-0.39, 0.29) is 30.3 Å². The molecule has 0 radical (unpaired) electrons. The number of anilines is 1. The van der Waals surface area contributed by atoms with Crippen molar-refractivity contribution in [3.63, 3.8) is 0 Å². The second kappa shape index (κ2) is 9.07. The van der Waals surface area contributed by atoms with Gasteiger partial charge in [0.25, 0.3) is 5.89 Å². The number of ether oxygens (including phenoxy) is 1. The Labute approximate surface area is 182 Å². The summed E-state index contributed by atoms with van der Waals surface area (Å²) in [5, 5.41) is 12.6. The number of aromatic nitrogens is 4. The number of hydrogen-bond donors (Lipinski definition) is 2. The van der Waals surface area contributed by atoms with Gasteiger partial charge in [-0.25, -0.2) is 4.68 Å². The smallest absolute Gasteiger partial charge is 0.264 e. The number of rotatable bonds is 7. The zero-order valence-corrected chi connectivity index (χ0v) is 17.9. The Balaban J connectivity index is 1.52. The third-order valence-electron chi connectivity index (χ3n) is 4.74. The summed E-state index contributed by atoms with van der Waals surface area (Å²) >= 11 is 7.31. The fourth-order valence-corrected chi connectivity index (χ4v) is 3.88. The minimum atomic E-state index is -0.189. The molecule has 1 fully saturated rings. The van der Waals surface area contributed by atoms with Gasteiger partial charge in [-0.2, -0.15) is 10.1 Å². The standard InChI is InChI=1S/C19H21ClN6O3S/c1-30-19-15(18-23-17(25-29-18)11-4-6-12(20)7-5-11)16(21)26(24-19)10-14(27)22-9-13-3-2-8-28-13/h4-7,13H,2-3,8-10,21H2,1H3,(H,22,27)/t13-/m1/s1. The highest BCUT2D eigenvalue weighted by Gasteiger charge is 2.24. The summed E-state index contributed by atoms with van der Waals surface area (Å²) in [7, 11) is 0. The fourth-order valence-electron chi connectivity index (χ4n) is 3.18. The topological polar surface area (TPSA) is 121 Å². The molecule has 9 nitrogen and oxygen atoms in total. The zero-order chi connectivity index (χ0) is 21.1. The first kappa shape index (κ1) is 20.7. The van der Waals surface area contributed by atoms with Gasteiger partial charge in [-0.1, -0.05) is 16.8 Å². The predicted octanol–water partition coefficient (Wildman–Crippen LogP) is 2.85. The summed E-state index contributed by atoms with van der Waals surface area (Å²) < 4.78 is 12.4. The highest BCUT2D eigenvalue weighted by molar-refractivity contribution is 7.98. The molecule has 3 aromatic rings. The minimum Gasteiger partial charge on any atom is -0.383 e. The van der Waals surface area contributed by atoms with E-state index >= 15 is 0 Å². The van der Waals surface area contributed by atoms with Crippen molar-refractivity contribution in [2.45, 2.75) is 30.5 Å². The third-order valence-corrected chi connectivity index (χ3v) is 5.66. The summed E-state index contributed by atoms with van der Waals surface area (Å²) in [6.45, 7) is 1.22. The molecule has 0 bridgehead atoms. The van der Waals surface area contributed by atoms with Crippen molar-refractivity contribution >= 4 is 35.1 Å². The van der Waals surface area contributed by atoms with E-state index in [1.54, 1.807) is 24.3 Å². The maximum atomic E-state index is 12.3. The van der Waals surface area contributed by atoms with Crippen LogP contribution in [0.25, 0.3) is 22.8 Å². The summed E-state index contributed by atoms with van der Waals surface area (Å²) in [6, 6.07) is 7.11. The van der Waals surface area contributed by atoms with Gasteiger partial charge in [0.1, 0.15) is 23.0 Å². The monoisotopic (exact) mass is 448 g/mol. The number of amides is 1. The zero-order valence-electron chi connectivity index (χ0n) is 16.3. The normalized spacial score (nSPS) is 16.1. The molecular formula is C19H21ClN6O3S. The van der Waals surface area contributed by atoms with Gasteiger partial charge in [0.15, 0.2) is 0 Å². The van der Waals surface area contributed by atoms with Crippen LogP contribution < -0.4 is 11.1 Å². The molecule has 1 amide bonds. The minimum absolute atomic E-state index is 0.00963. The van der Waals surface area contributed by atoms with Crippen molar-refractivity contribution < 1.29 is 14.1 Å². The molecule has 0 unspecified atom stereocenters. The van der Waals surface area contributed by atoms with Gasteiger partial charge in [-0.05, 0) is 43.4 Å². The van der Waals surface area contributed by atoms with Crippen LogP contribution >= 0.6 is 23.4 Å². The molecular weight excluding hydrogens is 428 g/mol. The number of carbonyl (C=O) groups is 1. The molecule has 0 aliphatic carbocycles. The second-order valence-corrected chi connectivity index (χ2v) is 8.03. The Bertz CT molecular complexity index is 1030. The lowest BCUT2D eigenvalue weighted by molar-refractivity contribution is -0.122. The fraction of sp³-hybridized carbons (Fsp3) is 0.368. The average Bonchev–Trinajstić information content (AvgIpc) is 3.48. The van der Waals surface area contributed by atoms with Crippen molar-refractivity contribution in [1.82, 2.24) is 25.2 Å². The molecule has 2 aromatic heterocycles. The highest BCUT2D eigenvalue weighted by atomic mass is 35.5. The Kier molecular flexibility index (Phi) is 6.26. The van der Waals surface area contributed by atoms with Crippen LogP contribution in [0, 0.1) is 0 Å². The second-order valence-electron chi connectivity index (χ2n) is 6.80. The van der Waals surface area contributed by atoms with Crippen molar-refractivity contribution in [1.29, 1.82) is 0 Å². The molecule has 30 heavy (non-hydrogen) atoms. The van der Waals surface area contributed by atoms with Crippen molar-refractivity contribution in [2.75, 3.05) is 25.1 Å². The van der Waals surface area contributed by atoms with E-state index in [1.165, 1.54) is 16.4 Å². The van der Waals surface area contributed by atoms with Gasteiger partial charge in [-0.3, -0.25) is 4.79 Å². The maximum absolute atomic E-state index is 12.3. The number of hydrogen-bond acceptors (Lipinski definition) is 8. The molecule has 0 saturated carbocycles. The van der Waals surface area contributed by atoms with Crippen LogP contribution in [0.3, 0.4) is 0 Å². The maximum Gasteiger partial charge on any atom is 0.264 e. The average molecular weight is 449 g/mol. The van der Waals surface area contributed by atoms with Crippen LogP contribution in [-0.4, -0.2) is 51.3 Å². The molecule has 1 aliphatic heterocycles. The molecule has 11 heteroatoms. The largest absolute Gasteiger partial charge is 0.383 e. The molecule has 3 N–H and O–H groups in total. The van der Waals surface area contributed by atoms with Crippen LogP contribution in [0.5, 0.6) is 0 Å². The number of nitrogen functional groups attached to an aromatic ring is 1. The van der Waals surface area contributed by atoms with E-state index in [2.05, 4.69) is 20.6 Å². The SMILES string of the molecule is CSc1nn(CC(=O)NC[C@H]2CCCO2)c(N)c1-c1nc(-c2ccc(Cl)cc2)no1. The number of thioether (sulfide) groups is 1. The van der Waals surface area contributed by atoms with Crippen LogP contribution in [0.15, 0.2) is 33.8 Å². The van der Waals surface area contributed by atoms with Crippen LogP contribution in [0.1, 0.15) is 12.8 Å². The van der Waals surface area contributed by atoms with E-state index < -0.39 is 0 Å². The molecule has 1 saturated heterocycles. The lowest BCUT2D eigenvalue weighted by Gasteiger charge is -2.11. The van der Waals surface area contributed by atoms with Gasteiger partial charge in [-0.15, -0.1) is 11.8 Å². The molecule has 158 valence electrons. The van der Waals surface area contributed by atoms with Crippen LogP contribution in [0.2, 0.25) is 5.02 Å². The van der Waals surface area contributed by atoms with Gasteiger partial charge in [0.2, 0.25) is 11.7 Å². The predicted molar refractivity (Wildman–Crippen MR) is 114 cm³/mol. The van der Waals surface area contributed by atoms with Crippen molar-refractivity contribution in [3.8, 4) is 22.8 Å². The number of carbonyl (C=O) groups excluding carboxylic acids is 1. The summed E-state index contributed by atoms with van der Waals surface area (Å²) in [5.74, 6) is 0.757. The van der Waals surface area contributed by atoms with Gasteiger partial charge < -0.3 is 20.3 Å². The summed E-state index contributed by atoms with van der Waals surface area (Å²) in [5.41, 5.74) is 7.56.